The lowest BCUT2D eigenvalue weighted by molar-refractivity contribution is 0.601. The van der Waals surface area contributed by atoms with Gasteiger partial charge in [0.1, 0.15) is 4.90 Å². The molecule has 0 radical (unpaired) electrons. The summed E-state index contributed by atoms with van der Waals surface area (Å²) in [5, 5.41) is 3.01. The molecule has 0 spiro atoms. The lowest BCUT2D eigenvalue weighted by atomic mass is 10.3. The highest BCUT2D eigenvalue weighted by atomic mass is 79.9. The first-order valence-electron chi connectivity index (χ1n) is 6.12. The molecule has 2 rings (SSSR count). The predicted molar refractivity (Wildman–Crippen MR) is 90.8 cm³/mol. The van der Waals surface area contributed by atoms with Gasteiger partial charge in [-0.05, 0) is 57.1 Å². The van der Waals surface area contributed by atoms with Crippen molar-refractivity contribution in [3.63, 3.8) is 0 Å². The molecule has 0 bridgehead atoms. The maximum Gasteiger partial charge on any atom is 0.263 e. The number of anilines is 1. The number of halogens is 2. The molecule has 2 aromatic rings. The van der Waals surface area contributed by atoms with Crippen LogP contribution in [0.5, 0.6) is 0 Å². The minimum Gasteiger partial charge on any atom is -0.352 e. The molecular formula is C13H15Br2N3O2S. The van der Waals surface area contributed by atoms with Gasteiger partial charge in [0.2, 0.25) is 0 Å². The lowest BCUT2D eigenvalue weighted by Gasteiger charge is -2.10. The monoisotopic (exact) mass is 435 g/mol. The number of para-hydroxylation sites is 1. The van der Waals surface area contributed by atoms with E-state index in [0.29, 0.717) is 21.2 Å². The third-order valence-corrected chi connectivity index (χ3v) is 5.59. The first-order valence-corrected chi connectivity index (χ1v) is 9.18. The average molecular weight is 437 g/mol. The molecule has 1 aromatic carbocycles. The fourth-order valence-corrected chi connectivity index (χ4v) is 4.52. The summed E-state index contributed by atoms with van der Waals surface area (Å²) in [4.78, 5) is 0.234. The Kier molecular flexibility index (Phi) is 5.13. The average Bonchev–Trinajstić information content (AvgIpc) is 2.77. The predicted octanol–water partition coefficient (Wildman–Crippen LogP) is 3.07. The molecule has 2 N–H and O–H groups in total. The standard InChI is InChI=1S/C13H15Br2N3O2S/c1-16-7-9-6-10(8-18(9)2)21(19,20)17-13-11(14)4-3-5-12(13)15/h3-6,8,16-17H,7H2,1-2H3. The molecule has 0 saturated heterocycles. The topological polar surface area (TPSA) is 63.1 Å². The van der Waals surface area contributed by atoms with Crippen LogP contribution in [0.15, 0.2) is 44.3 Å². The van der Waals surface area contributed by atoms with Crippen molar-refractivity contribution in [1.29, 1.82) is 0 Å². The Morgan fingerprint density at radius 3 is 2.43 bits per heavy atom. The highest BCUT2D eigenvalue weighted by molar-refractivity contribution is 9.11. The molecule has 0 unspecified atom stereocenters. The Morgan fingerprint density at radius 2 is 1.86 bits per heavy atom. The zero-order chi connectivity index (χ0) is 15.6. The molecule has 8 heteroatoms. The van der Waals surface area contributed by atoms with Crippen molar-refractivity contribution in [3.8, 4) is 0 Å². The van der Waals surface area contributed by atoms with Gasteiger partial charge in [-0.25, -0.2) is 8.42 Å². The Bertz CT molecular complexity index is 737. The summed E-state index contributed by atoms with van der Waals surface area (Å²) in [6, 6.07) is 7.03. The van der Waals surface area contributed by atoms with E-state index in [0.717, 1.165) is 5.69 Å². The van der Waals surface area contributed by atoms with Gasteiger partial charge in [0, 0.05) is 34.4 Å². The number of aromatic nitrogens is 1. The smallest absolute Gasteiger partial charge is 0.263 e. The van der Waals surface area contributed by atoms with Gasteiger partial charge in [-0.1, -0.05) is 6.07 Å². The minimum absolute atomic E-state index is 0.234. The van der Waals surface area contributed by atoms with E-state index in [1.807, 2.05) is 20.2 Å². The normalized spacial score (nSPS) is 11.6. The van der Waals surface area contributed by atoms with Crippen molar-refractivity contribution in [2.45, 2.75) is 11.4 Å². The third-order valence-electron chi connectivity index (χ3n) is 2.95. The van der Waals surface area contributed by atoms with E-state index >= 15 is 0 Å². The summed E-state index contributed by atoms with van der Waals surface area (Å²) in [5.41, 5.74) is 1.38. The molecule has 1 heterocycles. The zero-order valence-corrected chi connectivity index (χ0v) is 15.5. The number of hydrogen-bond acceptors (Lipinski definition) is 3. The minimum atomic E-state index is -3.64. The number of hydrogen-bond donors (Lipinski definition) is 2. The largest absolute Gasteiger partial charge is 0.352 e. The molecule has 0 atom stereocenters. The number of nitrogens with zero attached hydrogens (tertiary/aromatic N) is 1. The lowest BCUT2D eigenvalue weighted by Crippen LogP contribution is -2.13. The van der Waals surface area contributed by atoms with E-state index in [1.165, 1.54) is 0 Å². The molecule has 21 heavy (non-hydrogen) atoms. The Labute approximate surface area is 141 Å². The van der Waals surface area contributed by atoms with Gasteiger partial charge in [0.05, 0.1) is 5.69 Å². The van der Waals surface area contributed by atoms with E-state index in [1.54, 1.807) is 29.0 Å². The van der Waals surface area contributed by atoms with Crippen LogP contribution in [-0.4, -0.2) is 20.0 Å². The molecule has 0 aliphatic rings. The van der Waals surface area contributed by atoms with Crippen molar-refractivity contribution in [2.24, 2.45) is 7.05 Å². The second kappa shape index (κ2) is 6.51. The van der Waals surface area contributed by atoms with E-state index < -0.39 is 10.0 Å². The van der Waals surface area contributed by atoms with Crippen LogP contribution < -0.4 is 10.0 Å². The van der Waals surface area contributed by atoms with Crippen molar-refractivity contribution in [1.82, 2.24) is 9.88 Å². The van der Waals surface area contributed by atoms with Gasteiger partial charge in [0.15, 0.2) is 0 Å². The van der Waals surface area contributed by atoms with Crippen molar-refractivity contribution in [3.05, 3.63) is 45.1 Å². The number of benzene rings is 1. The highest BCUT2D eigenvalue weighted by Crippen LogP contribution is 2.32. The highest BCUT2D eigenvalue weighted by Gasteiger charge is 2.19. The van der Waals surface area contributed by atoms with Gasteiger partial charge < -0.3 is 9.88 Å². The van der Waals surface area contributed by atoms with Gasteiger partial charge >= 0.3 is 0 Å². The van der Waals surface area contributed by atoms with Crippen LogP contribution in [0.1, 0.15) is 5.69 Å². The van der Waals surface area contributed by atoms with Crippen LogP contribution in [0.3, 0.4) is 0 Å². The Balaban J connectivity index is 2.37. The first-order chi connectivity index (χ1) is 9.85. The molecule has 1 aromatic heterocycles. The third kappa shape index (κ3) is 3.68. The van der Waals surface area contributed by atoms with E-state index in [9.17, 15) is 8.42 Å². The second-order valence-corrected chi connectivity index (χ2v) is 7.90. The van der Waals surface area contributed by atoms with E-state index in [2.05, 4.69) is 41.9 Å². The molecule has 114 valence electrons. The van der Waals surface area contributed by atoms with Crippen LogP contribution in [0.2, 0.25) is 0 Å². The van der Waals surface area contributed by atoms with Crippen molar-refractivity contribution < 1.29 is 8.42 Å². The van der Waals surface area contributed by atoms with Gasteiger partial charge in [-0.2, -0.15) is 0 Å². The number of nitrogens with one attached hydrogen (secondary N) is 2. The molecular weight excluding hydrogens is 422 g/mol. The summed E-state index contributed by atoms with van der Waals surface area (Å²) >= 11 is 6.69. The molecule has 5 nitrogen and oxygen atoms in total. The number of sulfonamides is 1. The second-order valence-electron chi connectivity index (χ2n) is 4.51. The van der Waals surface area contributed by atoms with Crippen LogP contribution in [0.4, 0.5) is 5.69 Å². The fourth-order valence-electron chi connectivity index (χ4n) is 1.87. The van der Waals surface area contributed by atoms with Crippen molar-refractivity contribution >= 4 is 47.6 Å². The van der Waals surface area contributed by atoms with Crippen LogP contribution >= 0.6 is 31.9 Å². The van der Waals surface area contributed by atoms with Crippen molar-refractivity contribution in [2.75, 3.05) is 11.8 Å². The van der Waals surface area contributed by atoms with Gasteiger partial charge in [-0.15, -0.1) is 0 Å². The maximum absolute atomic E-state index is 12.5. The van der Waals surface area contributed by atoms with Crippen LogP contribution in [0, 0.1) is 0 Å². The van der Waals surface area contributed by atoms with E-state index in [4.69, 9.17) is 0 Å². The fraction of sp³-hybridized carbons (Fsp3) is 0.231. The first kappa shape index (κ1) is 16.5. The molecule has 0 aliphatic carbocycles. The molecule has 0 amide bonds. The molecule has 0 fully saturated rings. The SMILES string of the molecule is CNCc1cc(S(=O)(=O)Nc2c(Br)cccc2Br)cn1C. The summed E-state index contributed by atoms with van der Waals surface area (Å²) in [5.74, 6) is 0. The molecule has 0 aliphatic heterocycles. The molecule has 0 saturated carbocycles. The number of aryl methyl sites for hydroxylation is 1. The Morgan fingerprint density at radius 1 is 1.24 bits per heavy atom. The summed E-state index contributed by atoms with van der Waals surface area (Å²) in [7, 11) is -0.000356. The van der Waals surface area contributed by atoms with Crippen LogP contribution in [-0.2, 0) is 23.6 Å². The quantitative estimate of drug-likeness (QED) is 0.756. The Hall–Kier alpha value is -0.830. The summed E-state index contributed by atoms with van der Waals surface area (Å²) in [6.07, 6.45) is 1.60. The number of rotatable bonds is 5. The maximum atomic E-state index is 12.5. The van der Waals surface area contributed by atoms with E-state index in [-0.39, 0.29) is 4.90 Å². The zero-order valence-electron chi connectivity index (χ0n) is 11.5. The summed E-state index contributed by atoms with van der Waals surface area (Å²) < 4.78 is 30.7. The van der Waals surface area contributed by atoms with Gasteiger partial charge in [-0.3, -0.25) is 4.72 Å². The summed E-state index contributed by atoms with van der Waals surface area (Å²) in [6.45, 7) is 0.602. The van der Waals surface area contributed by atoms with Gasteiger partial charge in [0.25, 0.3) is 10.0 Å². The van der Waals surface area contributed by atoms with Crippen LogP contribution in [0.25, 0.3) is 0 Å².